The Hall–Kier alpha value is -3.29. The van der Waals surface area contributed by atoms with E-state index in [0.717, 1.165) is 11.1 Å². The minimum absolute atomic E-state index is 0.0562. The summed E-state index contributed by atoms with van der Waals surface area (Å²) in [4.78, 5) is 29.2. The molecule has 29 heavy (non-hydrogen) atoms. The number of nitrogens with zero attached hydrogens (tertiary/aromatic N) is 2. The van der Waals surface area contributed by atoms with Crippen LogP contribution in [-0.2, 0) is 11.3 Å². The largest absolute Gasteiger partial charge is 0.435 e. The molecule has 1 amide bonds. The second-order valence-electron chi connectivity index (χ2n) is 6.70. The molecule has 0 aliphatic carbocycles. The van der Waals surface area contributed by atoms with Crippen LogP contribution in [0.15, 0.2) is 53.6 Å². The van der Waals surface area contributed by atoms with E-state index in [2.05, 4.69) is 15.0 Å². The van der Waals surface area contributed by atoms with Crippen molar-refractivity contribution >= 4 is 16.8 Å². The Morgan fingerprint density at radius 3 is 2.62 bits per heavy atom. The minimum atomic E-state index is -2.88. The van der Waals surface area contributed by atoms with E-state index in [-0.39, 0.29) is 36.2 Å². The lowest BCUT2D eigenvalue weighted by molar-refractivity contribution is -0.122. The molecule has 2 aromatic carbocycles. The number of aryl methyl sites for hydroxylation is 2. The first kappa shape index (κ1) is 20.4. The van der Waals surface area contributed by atoms with E-state index in [1.165, 1.54) is 23.0 Å². The van der Waals surface area contributed by atoms with Gasteiger partial charge in [0.2, 0.25) is 5.91 Å². The molecule has 0 saturated carbocycles. The molecule has 0 bridgehead atoms. The van der Waals surface area contributed by atoms with Crippen molar-refractivity contribution in [3.8, 4) is 5.75 Å². The third kappa shape index (κ3) is 4.96. The Kier molecular flexibility index (Phi) is 6.21. The van der Waals surface area contributed by atoms with Crippen LogP contribution in [0.1, 0.15) is 30.5 Å². The van der Waals surface area contributed by atoms with Gasteiger partial charge in [0.25, 0.3) is 5.56 Å². The fraction of sp³-hybridized carbons (Fsp3) is 0.286. The highest BCUT2D eigenvalue weighted by molar-refractivity contribution is 5.80. The van der Waals surface area contributed by atoms with Gasteiger partial charge in [-0.25, -0.2) is 4.98 Å². The Bertz CT molecular complexity index is 1060. The molecule has 0 unspecified atom stereocenters. The molecule has 1 aromatic heterocycles. The number of aromatic nitrogens is 2. The Morgan fingerprint density at radius 1 is 1.21 bits per heavy atom. The number of ether oxygens (including phenoxy) is 1. The highest BCUT2D eigenvalue weighted by atomic mass is 19.3. The number of nitrogens with one attached hydrogen (secondary N) is 1. The minimum Gasteiger partial charge on any atom is -0.435 e. The summed E-state index contributed by atoms with van der Waals surface area (Å²) in [6.45, 7) is 0.998. The Labute approximate surface area is 166 Å². The zero-order chi connectivity index (χ0) is 21.0. The van der Waals surface area contributed by atoms with Crippen molar-refractivity contribution in [2.45, 2.75) is 39.5 Å². The van der Waals surface area contributed by atoms with Crippen molar-refractivity contribution in [2.75, 3.05) is 0 Å². The van der Waals surface area contributed by atoms with Crippen molar-refractivity contribution < 1.29 is 18.3 Å². The molecule has 3 rings (SSSR count). The van der Waals surface area contributed by atoms with Gasteiger partial charge in [0.15, 0.2) is 0 Å². The molecule has 0 saturated heterocycles. The number of para-hydroxylation sites is 1. The van der Waals surface area contributed by atoms with Crippen LogP contribution in [-0.4, -0.2) is 22.1 Å². The molecule has 8 heteroatoms. The Balaban J connectivity index is 1.60. The number of carbonyl (C=O) groups excluding carboxylic acids is 1. The maximum absolute atomic E-state index is 12.6. The zero-order valence-electron chi connectivity index (χ0n) is 16.1. The predicted molar refractivity (Wildman–Crippen MR) is 105 cm³/mol. The number of hydrogen-bond donors (Lipinski definition) is 1. The molecule has 3 aromatic rings. The third-order valence-corrected chi connectivity index (χ3v) is 4.62. The van der Waals surface area contributed by atoms with Crippen LogP contribution in [0.4, 0.5) is 8.78 Å². The predicted octanol–water partition coefficient (Wildman–Crippen LogP) is 3.57. The van der Waals surface area contributed by atoms with E-state index in [0.29, 0.717) is 10.9 Å². The van der Waals surface area contributed by atoms with Crippen LogP contribution in [0.2, 0.25) is 0 Å². The first-order valence-electron chi connectivity index (χ1n) is 9.14. The number of benzene rings is 2. The van der Waals surface area contributed by atoms with Crippen LogP contribution in [0, 0.1) is 6.92 Å². The van der Waals surface area contributed by atoms with E-state index < -0.39 is 6.61 Å². The fourth-order valence-electron chi connectivity index (χ4n) is 3.05. The SMILES string of the molecule is Cc1cccc2c(=O)n(CCC(=O)N[C@@H](C)c3ccc(OC(F)F)cc3)cnc12. The average Bonchev–Trinajstić information content (AvgIpc) is 2.68. The molecule has 1 atom stereocenters. The molecule has 6 nitrogen and oxygen atoms in total. The lowest BCUT2D eigenvalue weighted by atomic mass is 10.1. The number of alkyl halides is 2. The normalized spacial score (nSPS) is 12.2. The summed E-state index contributed by atoms with van der Waals surface area (Å²) in [5, 5.41) is 3.35. The van der Waals surface area contributed by atoms with Crippen LogP contribution < -0.4 is 15.6 Å². The van der Waals surface area contributed by atoms with Crippen molar-refractivity contribution in [3.05, 3.63) is 70.3 Å². The first-order valence-corrected chi connectivity index (χ1v) is 9.14. The van der Waals surface area contributed by atoms with Gasteiger partial charge in [-0.15, -0.1) is 0 Å². The summed E-state index contributed by atoms with van der Waals surface area (Å²) in [6, 6.07) is 11.2. The summed E-state index contributed by atoms with van der Waals surface area (Å²) in [5.41, 5.74) is 2.14. The van der Waals surface area contributed by atoms with Gasteiger partial charge >= 0.3 is 6.61 Å². The molecule has 1 heterocycles. The highest BCUT2D eigenvalue weighted by Crippen LogP contribution is 2.19. The zero-order valence-corrected chi connectivity index (χ0v) is 16.1. The quantitative estimate of drug-likeness (QED) is 0.657. The summed E-state index contributed by atoms with van der Waals surface area (Å²) >= 11 is 0. The van der Waals surface area contributed by atoms with Crippen LogP contribution in [0.3, 0.4) is 0 Å². The van der Waals surface area contributed by atoms with Gasteiger partial charge in [-0.05, 0) is 43.2 Å². The van der Waals surface area contributed by atoms with E-state index in [1.54, 1.807) is 31.2 Å². The number of amides is 1. The topological polar surface area (TPSA) is 73.2 Å². The average molecular weight is 401 g/mol. The second-order valence-corrected chi connectivity index (χ2v) is 6.70. The number of rotatable bonds is 7. The second kappa shape index (κ2) is 8.81. The lowest BCUT2D eigenvalue weighted by Gasteiger charge is -2.15. The molecule has 1 N–H and O–H groups in total. The summed E-state index contributed by atoms with van der Waals surface area (Å²) in [7, 11) is 0. The molecule has 0 radical (unpaired) electrons. The fourth-order valence-corrected chi connectivity index (χ4v) is 3.05. The summed E-state index contributed by atoms with van der Waals surface area (Å²) in [6.07, 6.45) is 1.56. The summed E-state index contributed by atoms with van der Waals surface area (Å²) in [5.74, 6) is -0.178. The van der Waals surface area contributed by atoms with Crippen LogP contribution >= 0.6 is 0 Å². The number of halogens is 2. The molecule has 0 aliphatic rings. The smallest absolute Gasteiger partial charge is 0.387 e. The van der Waals surface area contributed by atoms with E-state index in [9.17, 15) is 18.4 Å². The molecule has 0 aliphatic heterocycles. The van der Waals surface area contributed by atoms with E-state index >= 15 is 0 Å². The molecule has 152 valence electrons. The molecular formula is C21H21F2N3O3. The van der Waals surface area contributed by atoms with Gasteiger partial charge in [-0.2, -0.15) is 8.78 Å². The molecule has 0 fully saturated rings. The number of fused-ring (bicyclic) bond motifs is 1. The molecule has 0 spiro atoms. The van der Waals surface area contributed by atoms with Gasteiger partial charge < -0.3 is 10.1 Å². The standard InChI is InChI=1S/C21H21F2N3O3/c1-13-4-3-5-17-19(13)24-12-26(20(17)28)11-10-18(27)25-14(2)15-6-8-16(9-7-15)29-21(22)23/h3-9,12,14,21H,10-11H2,1-2H3,(H,25,27)/t14-/m0/s1. The van der Waals surface area contributed by atoms with Gasteiger partial charge in [0.05, 0.1) is 23.3 Å². The first-order chi connectivity index (χ1) is 13.8. The Morgan fingerprint density at radius 2 is 1.93 bits per heavy atom. The van der Waals surface area contributed by atoms with Gasteiger partial charge in [-0.3, -0.25) is 14.2 Å². The monoisotopic (exact) mass is 401 g/mol. The maximum atomic E-state index is 12.6. The van der Waals surface area contributed by atoms with Crippen molar-refractivity contribution in [3.63, 3.8) is 0 Å². The van der Waals surface area contributed by atoms with Gasteiger partial charge in [0.1, 0.15) is 5.75 Å². The highest BCUT2D eigenvalue weighted by Gasteiger charge is 2.12. The number of hydrogen-bond acceptors (Lipinski definition) is 4. The van der Waals surface area contributed by atoms with Crippen LogP contribution in [0.25, 0.3) is 10.9 Å². The van der Waals surface area contributed by atoms with Gasteiger partial charge in [-0.1, -0.05) is 24.3 Å². The van der Waals surface area contributed by atoms with Crippen LogP contribution in [0.5, 0.6) is 5.75 Å². The van der Waals surface area contributed by atoms with E-state index in [4.69, 9.17) is 0 Å². The molecular weight excluding hydrogens is 380 g/mol. The maximum Gasteiger partial charge on any atom is 0.387 e. The van der Waals surface area contributed by atoms with Gasteiger partial charge in [0, 0.05) is 13.0 Å². The third-order valence-electron chi connectivity index (χ3n) is 4.62. The van der Waals surface area contributed by atoms with E-state index in [1.807, 2.05) is 13.0 Å². The lowest BCUT2D eigenvalue weighted by Crippen LogP contribution is -2.29. The van der Waals surface area contributed by atoms with Crippen molar-refractivity contribution in [1.82, 2.24) is 14.9 Å². The van der Waals surface area contributed by atoms with Crippen molar-refractivity contribution in [2.24, 2.45) is 0 Å². The summed E-state index contributed by atoms with van der Waals surface area (Å²) < 4.78 is 30.1. The number of carbonyl (C=O) groups is 1. The van der Waals surface area contributed by atoms with Crippen molar-refractivity contribution in [1.29, 1.82) is 0 Å².